The minimum Gasteiger partial charge on any atom is -0.397 e. The molecule has 0 amide bonds. The van der Waals surface area contributed by atoms with Crippen LogP contribution in [0.5, 0.6) is 0 Å². The summed E-state index contributed by atoms with van der Waals surface area (Å²) in [4.78, 5) is 1.84. The molecule has 0 bridgehead atoms. The molecule has 2 aromatic rings. The van der Waals surface area contributed by atoms with Crippen molar-refractivity contribution < 1.29 is 4.39 Å². The zero-order chi connectivity index (χ0) is 14.0. The summed E-state index contributed by atoms with van der Waals surface area (Å²) in [5.41, 5.74) is 7.80. The molecule has 100 valence electrons. The van der Waals surface area contributed by atoms with Gasteiger partial charge in [-0.3, -0.25) is 0 Å². The monoisotopic (exact) mass is 298 g/mol. The molecular weight excluding hydrogens is 286 g/mol. The van der Waals surface area contributed by atoms with Gasteiger partial charge in [0.1, 0.15) is 5.82 Å². The molecule has 0 atom stereocenters. The van der Waals surface area contributed by atoms with Gasteiger partial charge < -0.3 is 10.6 Å². The molecule has 0 aromatic heterocycles. The molecule has 19 heavy (non-hydrogen) atoms. The van der Waals surface area contributed by atoms with E-state index in [0.717, 1.165) is 5.69 Å². The second-order valence-electron chi connectivity index (χ2n) is 4.29. The lowest BCUT2D eigenvalue weighted by Crippen LogP contribution is -2.18. The minimum atomic E-state index is -0.333. The van der Waals surface area contributed by atoms with E-state index in [0.29, 0.717) is 27.8 Å². The Balaban J connectivity index is 2.25. The molecular formula is C14H13Cl2FN2. The Morgan fingerprint density at radius 1 is 1.11 bits per heavy atom. The van der Waals surface area contributed by atoms with Crippen LogP contribution in [0.2, 0.25) is 10.0 Å². The summed E-state index contributed by atoms with van der Waals surface area (Å²) in [6, 6.07) is 9.82. The molecule has 0 aliphatic rings. The van der Waals surface area contributed by atoms with Gasteiger partial charge in [-0.2, -0.15) is 0 Å². The predicted molar refractivity (Wildman–Crippen MR) is 79.4 cm³/mol. The van der Waals surface area contributed by atoms with Gasteiger partial charge in [-0.15, -0.1) is 0 Å². The first kappa shape index (κ1) is 14.0. The normalized spacial score (nSPS) is 10.5. The number of halogens is 3. The van der Waals surface area contributed by atoms with E-state index in [9.17, 15) is 4.39 Å². The van der Waals surface area contributed by atoms with Gasteiger partial charge in [-0.05, 0) is 30.3 Å². The van der Waals surface area contributed by atoms with Gasteiger partial charge in [0.25, 0.3) is 0 Å². The predicted octanol–water partition coefficient (Wildman–Crippen LogP) is 4.35. The number of hydrogen-bond donors (Lipinski definition) is 1. The molecule has 2 rings (SSSR count). The second-order valence-corrected chi connectivity index (χ2v) is 5.17. The van der Waals surface area contributed by atoms with Gasteiger partial charge >= 0.3 is 0 Å². The Kier molecular flexibility index (Phi) is 4.17. The number of nitrogen functional groups attached to an aromatic ring is 1. The summed E-state index contributed by atoms with van der Waals surface area (Å²) in [7, 11) is 1.83. The van der Waals surface area contributed by atoms with E-state index in [-0.39, 0.29) is 5.82 Å². The van der Waals surface area contributed by atoms with Crippen LogP contribution in [-0.4, -0.2) is 7.05 Å². The molecule has 0 aliphatic heterocycles. The molecule has 0 aliphatic carbocycles. The molecule has 0 saturated heterocycles. The average molecular weight is 299 g/mol. The molecule has 2 N–H and O–H groups in total. The van der Waals surface area contributed by atoms with E-state index in [1.165, 1.54) is 6.07 Å². The maximum atomic E-state index is 13.7. The molecule has 0 saturated carbocycles. The van der Waals surface area contributed by atoms with Crippen LogP contribution in [0.4, 0.5) is 15.8 Å². The van der Waals surface area contributed by atoms with E-state index in [1.54, 1.807) is 30.3 Å². The van der Waals surface area contributed by atoms with Crippen LogP contribution in [0.25, 0.3) is 0 Å². The number of rotatable bonds is 3. The summed E-state index contributed by atoms with van der Waals surface area (Å²) in [6.45, 7) is 0.382. The van der Waals surface area contributed by atoms with Crippen molar-refractivity contribution in [2.24, 2.45) is 0 Å². The highest BCUT2D eigenvalue weighted by atomic mass is 35.5. The van der Waals surface area contributed by atoms with Crippen LogP contribution in [0, 0.1) is 5.82 Å². The molecule has 0 radical (unpaired) electrons. The van der Waals surface area contributed by atoms with E-state index in [2.05, 4.69) is 0 Å². The first-order chi connectivity index (χ1) is 8.97. The average Bonchev–Trinajstić information content (AvgIpc) is 2.35. The third-order valence-electron chi connectivity index (χ3n) is 2.83. The van der Waals surface area contributed by atoms with Crippen molar-refractivity contribution in [3.63, 3.8) is 0 Å². The Labute approximate surface area is 121 Å². The summed E-state index contributed by atoms with van der Waals surface area (Å²) in [5.74, 6) is -0.333. The number of benzene rings is 2. The fourth-order valence-corrected chi connectivity index (χ4v) is 2.16. The third-order valence-corrected chi connectivity index (χ3v) is 3.30. The van der Waals surface area contributed by atoms with Gasteiger partial charge in [0.2, 0.25) is 0 Å². The molecule has 0 spiro atoms. The van der Waals surface area contributed by atoms with E-state index in [1.807, 2.05) is 11.9 Å². The highest BCUT2D eigenvalue weighted by Gasteiger charge is 2.10. The SMILES string of the molecule is CN(Cc1ccc(Cl)cc1F)c1cc(Cl)ccc1N. The van der Waals surface area contributed by atoms with Crippen molar-refractivity contribution in [2.45, 2.75) is 6.54 Å². The molecule has 0 heterocycles. The first-order valence-electron chi connectivity index (χ1n) is 5.67. The molecule has 2 aromatic carbocycles. The highest BCUT2D eigenvalue weighted by molar-refractivity contribution is 6.31. The summed E-state index contributed by atoms with van der Waals surface area (Å²) < 4.78 is 13.7. The molecule has 0 unspecified atom stereocenters. The van der Waals surface area contributed by atoms with Crippen LogP contribution in [0.15, 0.2) is 36.4 Å². The zero-order valence-corrected chi connectivity index (χ0v) is 11.8. The standard InChI is InChI=1S/C14H13Cl2FN2/c1-19(14-7-11(16)4-5-13(14)18)8-9-2-3-10(15)6-12(9)17/h2-7H,8,18H2,1H3. The van der Waals surface area contributed by atoms with Gasteiger partial charge in [-0.25, -0.2) is 4.39 Å². The van der Waals surface area contributed by atoms with Gasteiger partial charge in [-0.1, -0.05) is 29.3 Å². The quantitative estimate of drug-likeness (QED) is 0.854. The van der Waals surface area contributed by atoms with Crippen molar-refractivity contribution in [3.8, 4) is 0 Å². The molecule has 2 nitrogen and oxygen atoms in total. The number of hydrogen-bond acceptors (Lipinski definition) is 2. The topological polar surface area (TPSA) is 29.3 Å². The van der Waals surface area contributed by atoms with E-state index < -0.39 is 0 Å². The Morgan fingerprint density at radius 2 is 1.74 bits per heavy atom. The van der Waals surface area contributed by atoms with Gasteiger partial charge in [0.15, 0.2) is 0 Å². The van der Waals surface area contributed by atoms with Crippen LogP contribution in [0.1, 0.15) is 5.56 Å². The molecule has 0 fully saturated rings. The Hall–Kier alpha value is -1.45. The highest BCUT2D eigenvalue weighted by Crippen LogP contribution is 2.27. The smallest absolute Gasteiger partial charge is 0.129 e. The third kappa shape index (κ3) is 3.31. The maximum absolute atomic E-state index is 13.7. The first-order valence-corrected chi connectivity index (χ1v) is 6.43. The van der Waals surface area contributed by atoms with E-state index in [4.69, 9.17) is 28.9 Å². The van der Waals surface area contributed by atoms with Crippen LogP contribution >= 0.6 is 23.2 Å². The van der Waals surface area contributed by atoms with Crippen molar-refractivity contribution >= 4 is 34.6 Å². The minimum absolute atomic E-state index is 0.333. The Morgan fingerprint density at radius 3 is 2.42 bits per heavy atom. The summed E-state index contributed by atoms with van der Waals surface area (Å²) in [5, 5.41) is 0.971. The number of nitrogens with two attached hydrogens (primary N) is 1. The molecule has 5 heteroatoms. The van der Waals surface area contributed by atoms with Gasteiger partial charge in [0, 0.05) is 29.2 Å². The number of anilines is 2. The Bertz CT molecular complexity index is 602. The number of nitrogens with zero attached hydrogens (tertiary/aromatic N) is 1. The van der Waals surface area contributed by atoms with Crippen molar-refractivity contribution in [1.82, 2.24) is 0 Å². The van der Waals surface area contributed by atoms with Crippen molar-refractivity contribution in [2.75, 3.05) is 17.7 Å². The summed E-state index contributed by atoms with van der Waals surface area (Å²) in [6.07, 6.45) is 0. The van der Waals surface area contributed by atoms with Crippen LogP contribution in [0.3, 0.4) is 0 Å². The lowest BCUT2D eigenvalue weighted by molar-refractivity contribution is 0.608. The van der Waals surface area contributed by atoms with Crippen LogP contribution in [-0.2, 0) is 6.54 Å². The fourth-order valence-electron chi connectivity index (χ4n) is 1.84. The second kappa shape index (κ2) is 5.68. The van der Waals surface area contributed by atoms with Gasteiger partial charge in [0.05, 0.1) is 11.4 Å². The summed E-state index contributed by atoms with van der Waals surface area (Å²) >= 11 is 11.7. The maximum Gasteiger partial charge on any atom is 0.129 e. The van der Waals surface area contributed by atoms with Crippen molar-refractivity contribution in [1.29, 1.82) is 0 Å². The lowest BCUT2D eigenvalue weighted by atomic mass is 10.2. The largest absolute Gasteiger partial charge is 0.397 e. The lowest BCUT2D eigenvalue weighted by Gasteiger charge is -2.21. The zero-order valence-electron chi connectivity index (χ0n) is 10.3. The van der Waals surface area contributed by atoms with E-state index >= 15 is 0 Å². The van der Waals surface area contributed by atoms with Crippen molar-refractivity contribution in [3.05, 3.63) is 57.8 Å². The van der Waals surface area contributed by atoms with Crippen LogP contribution < -0.4 is 10.6 Å². The fraction of sp³-hybridized carbons (Fsp3) is 0.143.